The number of hydrogen-bond donors (Lipinski definition) is 2. The van der Waals surface area contributed by atoms with Gasteiger partial charge >= 0.3 is 5.97 Å². The third-order valence-corrected chi connectivity index (χ3v) is 2.64. The molecule has 0 fully saturated rings. The van der Waals surface area contributed by atoms with Gasteiger partial charge in [-0.2, -0.15) is 0 Å². The largest absolute Gasteiger partial charge is 0.480 e. The molecule has 6 heteroatoms. The highest BCUT2D eigenvalue weighted by Crippen LogP contribution is 2.13. The molecule has 0 aromatic carbocycles. The van der Waals surface area contributed by atoms with Gasteiger partial charge in [-0.05, 0) is 18.9 Å². The maximum atomic E-state index is 10.4. The van der Waals surface area contributed by atoms with Crippen LogP contribution in [0, 0.1) is 6.92 Å². The second-order valence-electron chi connectivity index (χ2n) is 3.12. The molecule has 1 rings (SSSR count). The fourth-order valence-electron chi connectivity index (χ4n) is 0.856. The highest BCUT2D eigenvalue weighted by Gasteiger charge is 2.10. The SMILES string of the molecule is Cc1cnc(SCCC(N)C(=O)O)nc1. The Kier molecular flexibility index (Phi) is 4.51. The van der Waals surface area contributed by atoms with Gasteiger partial charge in [-0.1, -0.05) is 11.8 Å². The van der Waals surface area contributed by atoms with Crippen LogP contribution in [0.3, 0.4) is 0 Å². The number of hydrogen-bond acceptors (Lipinski definition) is 5. The van der Waals surface area contributed by atoms with Crippen LogP contribution in [-0.2, 0) is 4.79 Å². The van der Waals surface area contributed by atoms with E-state index in [0.717, 1.165) is 5.56 Å². The average molecular weight is 227 g/mol. The molecule has 0 radical (unpaired) electrons. The van der Waals surface area contributed by atoms with Gasteiger partial charge in [0.2, 0.25) is 0 Å². The summed E-state index contributed by atoms with van der Waals surface area (Å²) < 4.78 is 0. The summed E-state index contributed by atoms with van der Waals surface area (Å²) in [6.07, 6.45) is 3.87. The molecule has 0 spiro atoms. The summed E-state index contributed by atoms with van der Waals surface area (Å²) in [5, 5.41) is 9.20. The van der Waals surface area contributed by atoms with Gasteiger partial charge in [0.25, 0.3) is 0 Å². The van der Waals surface area contributed by atoms with Crippen LogP contribution in [0.15, 0.2) is 17.6 Å². The van der Waals surface area contributed by atoms with Crippen LogP contribution in [-0.4, -0.2) is 32.8 Å². The van der Waals surface area contributed by atoms with E-state index >= 15 is 0 Å². The molecule has 1 aromatic heterocycles. The molecule has 0 aliphatic carbocycles. The van der Waals surface area contributed by atoms with E-state index in [1.165, 1.54) is 11.8 Å². The van der Waals surface area contributed by atoms with Gasteiger partial charge in [-0.3, -0.25) is 4.79 Å². The first-order valence-corrected chi connectivity index (χ1v) is 5.48. The molecule has 5 nitrogen and oxygen atoms in total. The van der Waals surface area contributed by atoms with E-state index in [1.807, 2.05) is 6.92 Å². The maximum Gasteiger partial charge on any atom is 0.320 e. The Labute approximate surface area is 92.1 Å². The van der Waals surface area contributed by atoms with Crippen molar-refractivity contribution < 1.29 is 9.90 Å². The zero-order valence-electron chi connectivity index (χ0n) is 8.38. The molecule has 1 unspecified atom stereocenters. The first-order chi connectivity index (χ1) is 7.09. The van der Waals surface area contributed by atoms with Crippen molar-refractivity contribution in [3.8, 4) is 0 Å². The molecular weight excluding hydrogens is 214 g/mol. The molecule has 0 aliphatic heterocycles. The zero-order chi connectivity index (χ0) is 11.3. The van der Waals surface area contributed by atoms with Crippen LogP contribution in [0.4, 0.5) is 0 Å². The van der Waals surface area contributed by atoms with Crippen LogP contribution in [0.25, 0.3) is 0 Å². The number of carboxylic acid groups (broad SMARTS) is 1. The van der Waals surface area contributed by atoms with E-state index in [9.17, 15) is 4.79 Å². The van der Waals surface area contributed by atoms with Gasteiger partial charge in [0.1, 0.15) is 6.04 Å². The Bertz CT molecular complexity index is 329. The summed E-state index contributed by atoms with van der Waals surface area (Å²) in [6.45, 7) is 1.91. The fourth-order valence-corrected chi connectivity index (χ4v) is 1.66. The number of rotatable bonds is 5. The van der Waals surface area contributed by atoms with Crippen molar-refractivity contribution >= 4 is 17.7 Å². The number of carboxylic acids is 1. The lowest BCUT2D eigenvalue weighted by atomic mass is 10.2. The lowest BCUT2D eigenvalue weighted by molar-refractivity contribution is -0.138. The lowest BCUT2D eigenvalue weighted by Crippen LogP contribution is -2.30. The molecule has 15 heavy (non-hydrogen) atoms. The number of aromatic nitrogens is 2. The molecule has 0 saturated heterocycles. The van der Waals surface area contributed by atoms with Gasteiger partial charge in [0, 0.05) is 18.1 Å². The second-order valence-corrected chi connectivity index (χ2v) is 4.19. The molecule has 0 saturated carbocycles. The Morgan fingerprint density at radius 3 is 2.73 bits per heavy atom. The van der Waals surface area contributed by atoms with Crippen molar-refractivity contribution in [2.45, 2.75) is 24.5 Å². The normalized spacial score (nSPS) is 12.4. The number of aliphatic carboxylic acids is 1. The minimum atomic E-state index is -0.972. The van der Waals surface area contributed by atoms with E-state index in [-0.39, 0.29) is 0 Å². The standard InChI is InChI=1S/C9H13N3O2S/c1-6-4-11-9(12-5-6)15-3-2-7(10)8(13)14/h4-5,7H,2-3,10H2,1H3,(H,13,14). The molecule has 0 amide bonds. The van der Waals surface area contributed by atoms with Gasteiger partial charge in [0.15, 0.2) is 5.16 Å². The van der Waals surface area contributed by atoms with Crippen molar-refractivity contribution in [3.05, 3.63) is 18.0 Å². The van der Waals surface area contributed by atoms with Crippen LogP contribution in [0.5, 0.6) is 0 Å². The predicted molar refractivity (Wildman–Crippen MR) is 57.7 cm³/mol. The predicted octanol–water partition coefficient (Wildman–Crippen LogP) is 0.679. The number of thioether (sulfide) groups is 1. The molecular formula is C9H13N3O2S. The minimum Gasteiger partial charge on any atom is -0.480 e. The Morgan fingerprint density at radius 2 is 2.20 bits per heavy atom. The van der Waals surface area contributed by atoms with Crippen molar-refractivity contribution in [1.29, 1.82) is 0 Å². The number of aryl methyl sites for hydroxylation is 1. The average Bonchev–Trinajstić information content (AvgIpc) is 2.20. The number of carbonyl (C=O) groups is 1. The van der Waals surface area contributed by atoms with E-state index in [0.29, 0.717) is 17.3 Å². The monoisotopic (exact) mass is 227 g/mol. The number of nitrogens with zero attached hydrogens (tertiary/aromatic N) is 2. The summed E-state index contributed by atoms with van der Waals surface area (Å²) in [5.41, 5.74) is 6.35. The Morgan fingerprint density at radius 1 is 1.60 bits per heavy atom. The molecule has 3 N–H and O–H groups in total. The lowest BCUT2D eigenvalue weighted by Gasteiger charge is -2.04. The van der Waals surface area contributed by atoms with Crippen molar-refractivity contribution in [2.75, 3.05) is 5.75 Å². The van der Waals surface area contributed by atoms with Crippen LogP contribution in [0.2, 0.25) is 0 Å². The second kappa shape index (κ2) is 5.67. The number of nitrogens with two attached hydrogens (primary N) is 1. The van der Waals surface area contributed by atoms with Gasteiger partial charge < -0.3 is 10.8 Å². The molecule has 82 valence electrons. The molecule has 1 aromatic rings. The highest BCUT2D eigenvalue weighted by atomic mass is 32.2. The van der Waals surface area contributed by atoms with E-state index in [4.69, 9.17) is 10.8 Å². The van der Waals surface area contributed by atoms with Crippen LogP contribution >= 0.6 is 11.8 Å². The van der Waals surface area contributed by atoms with Crippen LogP contribution < -0.4 is 5.73 Å². The molecule has 1 atom stereocenters. The van der Waals surface area contributed by atoms with E-state index < -0.39 is 12.0 Å². The summed E-state index contributed by atoms with van der Waals surface area (Å²) in [7, 11) is 0. The van der Waals surface area contributed by atoms with Gasteiger partial charge in [-0.25, -0.2) is 9.97 Å². The summed E-state index contributed by atoms with van der Waals surface area (Å²) in [5.74, 6) is -0.364. The highest BCUT2D eigenvalue weighted by molar-refractivity contribution is 7.99. The van der Waals surface area contributed by atoms with Gasteiger partial charge in [-0.15, -0.1) is 0 Å². The first-order valence-electron chi connectivity index (χ1n) is 4.49. The first kappa shape index (κ1) is 11.9. The van der Waals surface area contributed by atoms with Gasteiger partial charge in [0.05, 0.1) is 0 Å². The Balaban J connectivity index is 2.32. The molecule has 1 heterocycles. The third-order valence-electron chi connectivity index (χ3n) is 1.73. The smallest absolute Gasteiger partial charge is 0.320 e. The quantitative estimate of drug-likeness (QED) is 0.568. The van der Waals surface area contributed by atoms with Crippen molar-refractivity contribution in [1.82, 2.24) is 9.97 Å². The fraction of sp³-hybridized carbons (Fsp3) is 0.444. The van der Waals surface area contributed by atoms with Crippen molar-refractivity contribution in [2.24, 2.45) is 5.73 Å². The summed E-state index contributed by atoms with van der Waals surface area (Å²) in [6, 6.07) is -0.803. The van der Waals surface area contributed by atoms with Crippen molar-refractivity contribution in [3.63, 3.8) is 0 Å². The summed E-state index contributed by atoms with van der Waals surface area (Å²) >= 11 is 1.41. The zero-order valence-corrected chi connectivity index (χ0v) is 9.20. The maximum absolute atomic E-state index is 10.4. The van der Waals surface area contributed by atoms with E-state index in [1.54, 1.807) is 12.4 Å². The van der Waals surface area contributed by atoms with E-state index in [2.05, 4.69) is 9.97 Å². The third kappa shape index (κ3) is 4.26. The van der Waals surface area contributed by atoms with Crippen LogP contribution in [0.1, 0.15) is 12.0 Å². The molecule has 0 bridgehead atoms. The minimum absolute atomic E-state index is 0.414. The topological polar surface area (TPSA) is 89.1 Å². The Hall–Kier alpha value is -1.14. The summed E-state index contributed by atoms with van der Waals surface area (Å²) in [4.78, 5) is 18.6. The molecule has 0 aliphatic rings.